The molecular weight excluding hydrogens is 324 g/mol. The van der Waals surface area contributed by atoms with Crippen LogP contribution in [0.3, 0.4) is 0 Å². The lowest BCUT2D eigenvalue weighted by Crippen LogP contribution is -2.01. The Kier molecular flexibility index (Phi) is 4.47. The fourth-order valence-corrected chi connectivity index (χ4v) is 2.19. The van der Waals surface area contributed by atoms with Crippen LogP contribution in [0.1, 0.15) is 16.7 Å². The van der Waals surface area contributed by atoms with Gasteiger partial charge in [-0.3, -0.25) is 0 Å². The second-order valence-corrected chi connectivity index (χ2v) is 5.50. The molecule has 0 radical (unpaired) electrons. The Morgan fingerprint density at radius 3 is 2.68 bits per heavy atom. The Balaban J connectivity index is 2.10. The van der Waals surface area contributed by atoms with E-state index < -0.39 is 0 Å². The van der Waals surface area contributed by atoms with Crippen LogP contribution < -0.4 is 5.32 Å². The molecule has 0 spiro atoms. The first kappa shape index (κ1) is 13.9. The van der Waals surface area contributed by atoms with Crippen molar-refractivity contribution >= 4 is 33.2 Å². The van der Waals surface area contributed by atoms with E-state index in [0.29, 0.717) is 17.1 Å². The summed E-state index contributed by atoms with van der Waals surface area (Å²) in [7, 11) is 0. The van der Waals surface area contributed by atoms with Crippen molar-refractivity contribution in [2.75, 3.05) is 5.32 Å². The molecule has 19 heavy (non-hydrogen) atoms. The molecule has 0 unspecified atom stereocenters. The lowest BCUT2D eigenvalue weighted by atomic mass is 10.1. The molecule has 1 N–H and O–H groups in total. The maximum atomic E-state index is 8.83. The smallest absolute Gasteiger partial charge is 0.0991 e. The summed E-state index contributed by atoms with van der Waals surface area (Å²) in [5.74, 6) is 0. The minimum atomic E-state index is 0.682. The Bertz CT molecular complexity index is 647. The molecule has 0 atom stereocenters. The predicted molar refractivity (Wildman–Crippen MR) is 82.4 cm³/mol. The number of anilines is 1. The van der Waals surface area contributed by atoms with E-state index in [9.17, 15) is 0 Å². The van der Waals surface area contributed by atoms with Crippen LogP contribution >= 0.6 is 27.5 Å². The van der Waals surface area contributed by atoms with Crippen LogP contribution in [-0.4, -0.2) is 0 Å². The van der Waals surface area contributed by atoms with Crippen molar-refractivity contribution in [2.45, 2.75) is 13.5 Å². The summed E-state index contributed by atoms with van der Waals surface area (Å²) >= 11 is 9.41. The molecule has 2 nitrogen and oxygen atoms in total. The second-order valence-electron chi connectivity index (χ2n) is 4.24. The van der Waals surface area contributed by atoms with Gasteiger partial charge >= 0.3 is 0 Å². The summed E-state index contributed by atoms with van der Waals surface area (Å²) in [5, 5.41) is 12.8. The minimum absolute atomic E-state index is 0.682. The summed E-state index contributed by atoms with van der Waals surface area (Å²) in [6.07, 6.45) is 0. The maximum Gasteiger partial charge on any atom is 0.0991 e. The molecule has 0 amide bonds. The standard InChI is InChI=1S/C15H12BrClN2/c1-10-6-11(8-18)2-3-12(10)9-19-13-4-5-14(16)15(17)7-13/h2-7,19H,9H2,1H3. The molecule has 0 aromatic heterocycles. The predicted octanol–water partition coefficient (Wildman–Crippen LogP) is 4.89. The van der Waals surface area contributed by atoms with Gasteiger partial charge < -0.3 is 5.32 Å². The first-order valence-electron chi connectivity index (χ1n) is 5.78. The van der Waals surface area contributed by atoms with Gasteiger partial charge in [0, 0.05) is 16.7 Å². The highest BCUT2D eigenvalue weighted by Crippen LogP contribution is 2.26. The molecule has 96 valence electrons. The van der Waals surface area contributed by atoms with Crippen LogP contribution in [-0.2, 0) is 6.54 Å². The normalized spacial score (nSPS) is 10.0. The van der Waals surface area contributed by atoms with Gasteiger partial charge in [0.05, 0.1) is 16.7 Å². The highest BCUT2D eigenvalue weighted by Gasteiger charge is 2.02. The van der Waals surface area contributed by atoms with Crippen LogP contribution in [0.2, 0.25) is 5.02 Å². The van der Waals surface area contributed by atoms with E-state index >= 15 is 0 Å². The van der Waals surface area contributed by atoms with E-state index in [1.807, 2.05) is 43.3 Å². The van der Waals surface area contributed by atoms with Crippen LogP contribution in [0.25, 0.3) is 0 Å². The van der Waals surface area contributed by atoms with Gasteiger partial charge in [0.25, 0.3) is 0 Å². The minimum Gasteiger partial charge on any atom is -0.381 e. The fraction of sp³-hybridized carbons (Fsp3) is 0.133. The highest BCUT2D eigenvalue weighted by atomic mass is 79.9. The van der Waals surface area contributed by atoms with Gasteiger partial charge in [0.2, 0.25) is 0 Å². The number of hydrogen-bond acceptors (Lipinski definition) is 2. The zero-order valence-corrected chi connectivity index (χ0v) is 12.7. The number of hydrogen-bond donors (Lipinski definition) is 1. The highest BCUT2D eigenvalue weighted by molar-refractivity contribution is 9.10. The van der Waals surface area contributed by atoms with Gasteiger partial charge in [0.1, 0.15) is 0 Å². The Hall–Kier alpha value is -1.50. The Morgan fingerprint density at radius 2 is 2.05 bits per heavy atom. The van der Waals surface area contributed by atoms with Crippen molar-refractivity contribution in [3.8, 4) is 6.07 Å². The lowest BCUT2D eigenvalue weighted by molar-refractivity contribution is 1.12. The summed E-state index contributed by atoms with van der Waals surface area (Å²) in [5.41, 5.74) is 3.93. The molecule has 0 bridgehead atoms. The SMILES string of the molecule is Cc1cc(C#N)ccc1CNc1ccc(Br)c(Cl)c1. The van der Waals surface area contributed by atoms with Crippen LogP contribution in [0.4, 0.5) is 5.69 Å². The summed E-state index contributed by atoms with van der Waals surface area (Å²) in [4.78, 5) is 0. The fourth-order valence-electron chi connectivity index (χ4n) is 1.77. The number of nitrogens with one attached hydrogen (secondary N) is 1. The average molecular weight is 336 g/mol. The van der Waals surface area contributed by atoms with Crippen molar-refractivity contribution in [3.05, 3.63) is 62.6 Å². The van der Waals surface area contributed by atoms with Crippen molar-refractivity contribution in [1.29, 1.82) is 5.26 Å². The zero-order chi connectivity index (χ0) is 13.8. The molecule has 2 aromatic rings. The third kappa shape index (κ3) is 3.50. The molecule has 0 aliphatic heterocycles. The van der Waals surface area contributed by atoms with Crippen LogP contribution in [0.15, 0.2) is 40.9 Å². The van der Waals surface area contributed by atoms with E-state index in [1.54, 1.807) is 0 Å². The van der Waals surface area contributed by atoms with Crippen molar-refractivity contribution in [2.24, 2.45) is 0 Å². The number of benzene rings is 2. The van der Waals surface area contributed by atoms with E-state index in [1.165, 1.54) is 0 Å². The molecule has 0 heterocycles. The molecule has 0 saturated heterocycles. The third-order valence-corrected chi connectivity index (χ3v) is 4.11. The third-order valence-electron chi connectivity index (χ3n) is 2.87. The Labute approximate surface area is 126 Å². The van der Waals surface area contributed by atoms with Gasteiger partial charge in [0.15, 0.2) is 0 Å². The topological polar surface area (TPSA) is 35.8 Å². The summed E-state index contributed by atoms with van der Waals surface area (Å²) in [6.45, 7) is 2.71. The van der Waals surface area contributed by atoms with E-state index in [-0.39, 0.29) is 0 Å². The number of nitrogens with zero attached hydrogens (tertiary/aromatic N) is 1. The molecule has 0 fully saturated rings. The van der Waals surface area contributed by atoms with Crippen molar-refractivity contribution in [3.63, 3.8) is 0 Å². The van der Waals surface area contributed by atoms with E-state index in [4.69, 9.17) is 16.9 Å². The number of halogens is 2. The van der Waals surface area contributed by atoms with Gasteiger partial charge in [-0.15, -0.1) is 0 Å². The monoisotopic (exact) mass is 334 g/mol. The van der Waals surface area contributed by atoms with Crippen molar-refractivity contribution < 1.29 is 0 Å². The van der Waals surface area contributed by atoms with Crippen LogP contribution in [0, 0.1) is 18.3 Å². The quantitative estimate of drug-likeness (QED) is 0.866. The van der Waals surface area contributed by atoms with Gasteiger partial charge in [-0.2, -0.15) is 5.26 Å². The summed E-state index contributed by atoms with van der Waals surface area (Å²) in [6, 6.07) is 13.6. The maximum absolute atomic E-state index is 8.83. The van der Waals surface area contributed by atoms with Crippen molar-refractivity contribution in [1.82, 2.24) is 0 Å². The number of nitriles is 1. The molecule has 2 rings (SSSR count). The van der Waals surface area contributed by atoms with E-state index in [0.717, 1.165) is 21.3 Å². The average Bonchev–Trinajstić information content (AvgIpc) is 2.41. The molecular formula is C15H12BrClN2. The largest absolute Gasteiger partial charge is 0.381 e. The molecule has 0 saturated carbocycles. The molecule has 4 heteroatoms. The lowest BCUT2D eigenvalue weighted by Gasteiger charge is -2.10. The first-order valence-corrected chi connectivity index (χ1v) is 6.96. The van der Waals surface area contributed by atoms with Gasteiger partial charge in [-0.25, -0.2) is 0 Å². The summed E-state index contributed by atoms with van der Waals surface area (Å²) < 4.78 is 0.884. The second kappa shape index (κ2) is 6.10. The number of rotatable bonds is 3. The zero-order valence-electron chi connectivity index (χ0n) is 10.4. The van der Waals surface area contributed by atoms with Gasteiger partial charge in [-0.1, -0.05) is 17.7 Å². The van der Waals surface area contributed by atoms with E-state index in [2.05, 4.69) is 27.3 Å². The molecule has 0 aliphatic rings. The Morgan fingerprint density at radius 1 is 1.26 bits per heavy atom. The van der Waals surface area contributed by atoms with Crippen LogP contribution in [0.5, 0.6) is 0 Å². The number of aryl methyl sites for hydroxylation is 1. The molecule has 0 aliphatic carbocycles. The first-order chi connectivity index (χ1) is 9.10. The molecule has 2 aromatic carbocycles. The van der Waals surface area contributed by atoms with Gasteiger partial charge in [-0.05, 0) is 64.3 Å².